The van der Waals surface area contributed by atoms with Crippen molar-refractivity contribution in [3.8, 4) is 11.5 Å². The summed E-state index contributed by atoms with van der Waals surface area (Å²) in [5.41, 5.74) is 1.26. The molecule has 1 aromatic heterocycles. The summed E-state index contributed by atoms with van der Waals surface area (Å²) in [7, 11) is 1.54. The summed E-state index contributed by atoms with van der Waals surface area (Å²) >= 11 is 6.01. The van der Waals surface area contributed by atoms with Gasteiger partial charge in [-0.2, -0.15) is 0 Å². The molecule has 29 heavy (non-hydrogen) atoms. The molecule has 2 heterocycles. The second-order valence-electron chi connectivity index (χ2n) is 6.87. The molecule has 6 nitrogen and oxygen atoms in total. The number of halogens is 1. The molecule has 0 aliphatic carbocycles. The summed E-state index contributed by atoms with van der Waals surface area (Å²) in [6, 6.07) is 14.8. The van der Waals surface area contributed by atoms with Gasteiger partial charge in [0.25, 0.3) is 5.91 Å². The molecule has 0 bridgehead atoms. The van der Waals surface area contributed by atoms with Gasteiger partial charge in [-0.15, -0.1) is 0 Å². The van der Waals surface area contributed by atoms with Crippen LogP contribution in [0.2, 0.25) is 5.02 Å². The third-order valence-corrected chi connectivity index (χ3v) is 5.13. The van der Waals surface area contributed by atoms with Gasteiger partial charge in [0.05, 0.1) is 12.8 Å². The minimum atomic E-state index is -0.307. The Hall–Kier alpha value is -2.99. The van der Waals surface area contributed by atoms with Gasteiger partial charge in [0.15, 0.2) is 6.61 Å². The Kier molecular flexibility index (Phi) is 5.71. The number of para-hydroxylation sites is 1. The Labute approximate surface area is 174 Å². The second-order valence-corrected chi connectivity index (χ2v) is 7.31. The second kappa shape index (κ2) is 8.57. The number of pyridine rings is 1. The topological polar surface area (TPSA) is 63.7 Å². The van der Waals surface area contributed by atoms with Crippen LogP contribution in [-0.2, 0) is 4.79 Å². The van der Waals surface area contributed by atoms with Crippen LogP contribution in [0.4, 0.5) is 11.5 Å². The highest BCUT2D eigenvalue weighted by atomic mass is 35.5. The van der Waals surface area contributed by atoms with E-state index in [0.29, 0.717) is 22.2 Å². The number of carbonyl (C=O) groups excluding carboxylic acids is 1. The minimum absolute atomic E-state index is 0.148. The van der Waals surface area contributed by atoms with E-state index in [4.69, 9.17) is 26.1 Å². The molecule has 1 N–H and O–H groups in total. The average molecular weight is 412 g/mol. The summed E-state index contributed by atoms with van der Waals surface area (Å²) in [6.45, 7) is 1.89. The number of hydrogen-bond acceptors (Lipinski definition) is 5. The maximum atomic E-state index is 12.4. The van der Waals surface area contributed by atoms with Gasteiger partial charge in [-0.05, 0) is 49.2 Å². The molecule has 0 saturated carbocycles. The number of nitrogens with zero attached hydrogens (tertiary/aromatic N) is 2. The fourth-order valence-electron chi connectivity index (χ4n) is 3.46. The summed E-state index contributed by atoms with van der Waals surface area (Å²) in [6.07, 6.45) is 2.37. The fraction of sp³-hybridized carbons (Fsp3) is 0.273. The van der Waals surface area contributed by atoms with Crippen LogP contribution >= 0.6 is 11.6 Å². The predicted octanol–water partition coefficient (Wildman–Crippen LogP) is 4.51. The zero-order valence-electron chi connectivity index (χ0n) is 16.2. The Morgan fingerprint density at radius 2 is 1.97 bits per heavy atom. The van der Waals surface area contributed by atoms with Crippen LogP contribution in [0.1, 0.15) is 12.8 Å². The fourth-order valence-corrected chi connectivity index (χ4v) is 3.63. The first-order valence-corrected chi connectivity index (χ1v) is 9.93. The Morgan fingerprint density at radius 1 is 1.14 bits per heavy atom. The van der Waals surface area contributed by atoms with E-state index in [2.05, 4.69) is 10.2 Å². The van der Waals surface area contributed by atoms with Crippen LogP contribution in [0.5, 0.6) is 11.5 Å². The molecular formula is C22H22ClN3O3. The molecule has 1 aliphatic heterocycles. The molecule has 150 valence electrons. The first-order chi connectivity index (χ1) is 14.1. The third kappa shape index (κ3) is 4.38. The number of aromatic nitrogens is 1. The number of hydrogen-bond donors (Lipinski definition) is 1. The number of nitrogens with one attached hydrogen (secondary N) is 1. The SMILES string of the molecule is COc1ccc(Cl)cc1NC(=O)COc1cccc2ccc(N3CCCC3)nc12. The normalized spacial score (nSPS) is 13.5. The molecule has 1 aliphatic rings. The van der Waals surface area contributed by atoms with Crippen molar-refractivity contribution in [3.63, 3.8) is 0 Å². The first kappa shape index (κ1) is 19.3. The minimum Gasteiger partial charge on any atom is -0.495 e. The van der Waals surface area contributed by atoms with Crippen LogP contribution in [0.25, 0.3) is 10.9 Å². The third-order valence-electron chi connectivity index (χ3n) is 4.89. The molecule has 0 atom stereocenters. The van der Waals surface area contributed by atoms with E-state index in [1.54, 1.807) is 18.2 Å². The Balaban J connectivity index is 1.49. The van der Waals surface area contributed by atoms with E-state index < -0.39 is 0 Å². The van der Waals surface area contributed by atoms with Crippen LogP contribution in [0.15, 0.2) is 48.5 Å². The van der Waals surface area contributed by atoms with Crippen LogP contribution in [-0.4, -0.2) is 37.7 Å². The van der Waals surface area contributed by atoms with Crippen molar-refractivity contribution in [2.24, 2.45) is 0 Å². The van der Waals surface area contributed by atoms with Crippen molar-refractivity contribution in [3.05, 3.63) is 53.6 Å². The molecular weight excluding hydrogens is 390 g/mol. The smallest absolute Gasteiger partial charge is 0.262 e. The molecule has 4 rings (SSSR count). The largest absolute Gasteiger partial charge is 0.495 e. The number of anilines is 2. The lowest BCUT2D eigenvalue weighted by molar-refractivity contribution is -0.118. The molecule has 1 fully saturated rings. The van der Waals surface area contributed by atoms with Gasteiger partial charge in [0.1, 0.15) is 22.8 Å². The van der Waals surface area contributed by atoms with Crippen LogP contribution < -0.4 is 19.7 Å². The van der Waals surface area contributed by atoms with E-state index >= 15 is 0 Å². The predicted molar refractivity (Wildman–Crippen MR) is 115 cm³/mol. The molecule has 0 radical (unpaired) electrons. The first-order valence-electron chi connectivity index (χ1n) is 9.55. The van der Waals surface area contributed by atoms with Gasteiger partial charge >= 0.3 is 0 Å². The van der Waals surface area contributed by atoms with Gasteiger partial charge in [0, 0.05) is 23.5 Å². The van der Waals surface area contributed by atoms with E-state index in [0.717, 1.165) is 29.8 Å². The number of carbonyl (C=O) groups is 1. The standard InChI is InChI=1S/C22H22ClN3O3/c1-28-18-9-8-16(23)13-17(18)24-21(27)14-29-19-6-4-5-15-7-10-20(25-22(15)19)26-11-2-3-12-26/h4-10,13H,2-3,11-12,14H2,1H3,(H,24,27). The van der Waals surface area contributed by atoms with Crippen LogP contribution in [0, 0.1) is 0 Å². The van der Waals surface area contributed by atoms with E-state index in [1.807, 2.05) is 30.3 Å². The molecule has 1 amide bonds. The molecule has 2 aromatic carbocycles. The summed E-state index contributed by atoms with van der Waals surface area (Å²) in [4.78, 5) is 19.5. The molecule has 3 aromatic rings. The van der Waals surface area contributed by atoms with Crippen molar-refractivity contribution in [2.75, 3.05) is 37.0 Å². The van der Waals surface area contributed by atoms with E-state index in [1.165, 1.54) is 20.0 Å². The van der Waals surface area contributed by atoms with Crippen molar-refractivity contribution < 1.29 is 14.3 Å². The van der Waals surface area contributed by atoms with E-state index in [9.17, 15) is 4.79 Å². The van der Waals surface area contributed by atoms with Gasteiger partial charge in [-0.3, -0.25) is 4.79 Å². The number of fused-ring (bicyclic) bond motifs is 1. The highest BCUT2D eigenvalue weighted by molar-refractivity contribution is 6.31. The van der Waals surface area contributed by atoms with Crippen molar-refractivity contribution >= 4 is 39.9 Å². The lowest BCUT2D eigenvalue weighted by atomic mass is 10.2. The van der Waals surface area contributed by atoms with Crippen molar-refractivity contribution in [1.29, 1.82) is 0 Å². The highest BCUT2D eigenvalue weighted by Crippen LogP contribution is 2.29. The van der Waals surface area contributed by atoms with Gasteiger partial charge in [0.2, 0.25) is 0 Å². The lowest BCUT2D eigenvalue weighted by Crippen LogP contribution is -2.21. The molecule has 0 spiro atoms. The Morgan fingerprint density at radius 3 is 2.76 bits per heavy atom. The monoisotopic (exact) mass is 411 g/mol. The number of amides is 1. The summed E-state index contributed by atoms with van der Waals surface area (Å²) in [5, 5.41) is 4.26. The highest BCUT2D eigenvalue weighted by Gasteiger charge is 2.15. The van der Waals surface area contributed by atoms with E-state index in [-0.39, 0.29) is 12.5 Å². The summed E-state index contributed by atoms with van der Waals surface area (Å²) in [5.74, 6) is 1.75. The molecule has 1 saturated heterocycles. The maximum Gasteiger partial charge on any atom is 0.262 e. The quantitative estimate of drug-likeness (QED) is 0.646. The number of methoxy groups -OCH3 is 1. The maximum absolute atomic E-state index is 12.4. The van der Waals surface area contributed by atoms with Gasteiger partial charge in [-0.1, -0.05) is 23.7 Å². The molecule has 0 unspecified atom stereocenters. The Bertz CT molecular complexity index is 1030. The number of rotatable bonds is 6. The summed E-state index contributed by atoms with van der Waals surface area (Å²) < 4.78 is 11.1. The van der Waals surface area contributed by atoms with Crippen molar-refractivity contribution in [2.45, 2.75) is 12.8 Å². The molecule has 7 heteroatoms. The zero-order valence-corrected chi connectivity index (χ0v) is 16.9. The lowest BCUT2D eigenvalue weighted by Gasteiger charge is -2.17. The average Bonchev–Trinajstić information content (AvgIpc) is 3.27. The van der Waals surface area contributed by atoms with Crippen molar-refractivity contribution in [1.82, 2.24) is 4.98 Å². The number of benzene rings is 2. The number of ether oxygens (including phenoxy) is 2. The van der Waals surface area contributed by atoms with Gasteiger partial charge in [-0.25, -0.2) is 4.98 Å². The van der Waals surface area contributed by atoms with Gasteiger partial charge < -0.3 is 19.7 Å². The zero-order chi connectivity index (χ0) is 20.2. The van der Waals surface area contributed by atoms with Crippen LogP contribution in [0.3, 0.4) is 0 Å².